The van der Waals surface area contributed by atoms with E-state index in [1.807, 2.05) is 12.1 Å². The zero-order valence-corrected chi connectivity index (χ0v) is 9.47. The number of aliphatic hydroxyl groups is 1. The van der Waals surface area contributed by atoms with E-state index in [-0.39, 0.29) is 6.61 Å². The van der Waals surface area contributed by atoms with Crippen molar-refractivity contribution in [3.63, 3.8) is 0 Å². The number of hydrogen-bond acceptors (Lipinski definition) is 4. The first-order chi connectivity index (χ1) is 7.83. The van der Waals surface area contributed by atoms with Gasteiger partial charge in [0.15, 0.2) is 5.82 Å². The van der Waals surface area contributed by atoms with Gasteiger partial charge in [-0.25, -0.2) is 4.98 Å². The number of nitrogen functional groups attached to an aromatic ring is 1. The number of nitrogens with two attached hydrogens (primary N) is 1. The Balaban J connectivity index is 2.19. The molecule has 4 nitrogen and oxygen atoms in total. The van der Waals surface area contributed by atoms with Crippen LogP contribution >= 0.6 is 0 Å². The molecule has 1 atom stereocenters. The molecule has 0 bridgehead atoms. The second-order valence-corrected chi connectivity index (χ2v) is 4.27. The zero-order chi connectivity index (χ0) is 11.4. The Morgan fingerprint density at radius 1 is 1.50 bits per heavy atom. The van der Waals surface area contributed by atoms with Crippen molar-refractivity contribution in [2.24, 2.45) is 0 Å². The van der Waals surface area contributed by atoms with Crippen LogP contribution < -0.4 is 10.6 Å². The summed E-state index contributed by atoms with van der Waals surface area (Å²) in [5, 5.41) is 9.07. The average Bonchev–Trinajstić information content (AvgIpc) is 2.31. The Labute approximate surface area is 96.1 Å². The molecule has 88 valence electrons. The van der Waals surface area contributed by atoms with E-state index >= 15 is 0 Å². The standard InChI is InChI=1S/C12H19N3O/c13-11-5-3-7-14-12(11)15-8-2-1-4-10(15)6-9-16/h3,5,7,10,16H,1-2,4,6,8-9,13H2. The molecule has 0 aromatic carbocycles. The summed E-state index contributed by atoms with van der Waals surface area (Å²) < 4.78 is 0. The maximum absolute atomic E-state index is 9.07. The molecule has 0 spiro atoms. The first-order valence-electron chi connectivity index (χ1n) is 5.91. The number of rotatable bonds is 3. The minimum absolute atomic E-state index is 0.230. The lowest BCUT2D eigenvalue weighted by molar-refractivity contribution is 0.262. The first kappa shape index (κ1) is 11.2. The summed E-state index contributed by atoms with van der Waals surface area (Å²) in [7, 11) is 0. The number of nitrogens with zero attached hydrogens (tertiary/aromatic N) is 2. The number of piperidine rings is 1. The molecule has 2 rings (SSSR count). The van der Waals surface area contributed by atoms with Crippen LogP contribution in [-0.4, -0.2) is 29.3 Å². The molecule has 2 heterocycles. The number of aliphatic hydroxyl groups excluding tert-OH is 1. The fourth-order valence-electron chi connectivity index (χ4n) is 2.38. The van der Waals surface area contributed by atoms with Gasteiger partial charge in [-0.1, -0.05) is 0 Å². The van der Waals surface area contributed by atoms with E-state index in [2.05, 4.69) is 9.88 Å². The van der Waals surface area contributed by atoms with Crippen molar-refractivity contribution in [2.45, 2.75) is 31.7 Å². The maximum Gasteiger partial charge on any atom is 0.152 e. The molecule has 1 fully saturated rings. The SMILES string of the molecule is Nc1cccnc1N1CCCCC1CCO. The Morgan fingerprint density at radius 3 is 3.12 bits per heavy atom. The van der Waals surface area contributed by atoms with Crippen LogP contribution in [0.1, 0.15) is 25.7 Å². The summed E-state index contributed by atoms with van der Waals surface area (Å²) in [4.78, 5) is 6.60. The van der Waals surface area contributed by atoms with Crippen molar-refractivity contribution < 1.29 is 5.11 Å². The molecule has 0 aliphatic carbocycles. The summed E-state index contributed by atoms with van der Waals surface area (Å²) in [5.74, 6) is 0.876. The Hall–Kier alpha value is -1.29. The van der Waals surface area contributed by atoms with E-state index in [9.17, 15) is 0 Å². The Kier molecular flexibility index (Phi) is 3.62. The van der Waals surface area contributed by atoms with Crippen LogP contribution in [0.25, 0.3) is 0 Å². The highest BCUT2D eigenvalue weighted by atomic mass is 16.3. The second kappa shape index (κ2) is 5.16. The molecule has 1 aromatic heterocycles. The third-order valence-corrected chi connectivity index (χ3v) is 3.18. The highest BCUT2D eigenvalue weighted by molar-refractivity contribution is 5.62. The van der Waals surface area contributed by atoms with Gasteiger partial charge in [-0.15, -0.1) is 0 Å². The van der Waals surface area contributed by atoms with E-state index < -0.39 is 0 Å². The first-order valence-corrected chi connectivity index (χ1v) is 5.91. The monoisotopic (exact) mass is 221 g/mol. The summed E-state index contributed by atoms with van der Waals surface area (Å²) in [6.45, 7) is 1.22. The fourth-order valence-corrected chi connectivity index (χ4v) is 2.38. The second-order valence-electron chi connectivity index (χ2n) is 4.27. The smallest absolute Gasteiger partial charge is 0.152 e. The van der Waals surface area contributed by atoms with Crippen LogP contribution in [0.2, 0.25) is 0 Å². The van der Waals surface area contributed by atoms with E-state index in [0.717, 1.165) is 30.9 Å². The van der Waals surface area contributed by atoms with Crippen molar-refractivity contribution in [2.75, 3.05) is 23.8 Å². The van der Waals surface area contributed by atoms with Gasteiger partial charge in [-0.3, -0.25) is 0 Å². The number of hydrogen-bond donors (Lipinski definition) is 2. The molecule has 0 radical (unpaired) electrons. The van der Waals surface area contributed by atoms with Crippen LogP contribution in [0.3, 0.4) is 0 Å². The van der Waals surface area contributed by atoms with E-state index in [4.69, 9.17) is 10.8 Å². The van der Waals surface area contributed by atoms with E-state index in [1.165, 1.54) is 12.8 Å². The molecule has 1 unspecified atom stereocenters. The van der Waals surface area contributed by atoms with Gasteiger partial charge in [-0.05, 0) is 37.8 Å². The van der Waals surface area contributed by atoms with Gasteiger partial charge in [0, 0.05) is 25.4 Å². The summed E-state index contributed by atoms with van der Waals surface area (Å²) in [6.07, 6.45) is 6.11. The molecule has 1 aliphatic rings. The fraction of sp³-hybridized carbons (Fsp3) is 0.583. The molecule has 4 heteroatoms. The van der Waals surface area contributed by atoms with Crippen LogP contribution in [-0.2, 0) is 0 Å². The van der Waals surface area contributed by atoms with Crippen molar-refractivity contribution in [1.29, 1.82) is 0 Å². The van der Waals surface area contributed by atoms with Gasteiger partial charge in [0.25, 0.3) is 0 Å². The van der Waals surface area contributed by atoms with E-state index in [0.29, 0.717) is 6.04 Å². The summed E-state index contributed by atoms with van der Waals surface area (Å²) >= 11 is 0. The van der Waals surface area contributed by atoms with Gasteiger partial charge >= 0.3 is 0 Å². The predicted octanol–water partition coefficient (Wildman–Crippen LogP) is 1.41. The zero-order valence-electron chi connectivity index (χ0n) is 9.47. The molecule has 0 saturated carbocycles. The van der Waals surface area contributed by atoms with E-state index in [1.54, 1.807) is 6.20 Å². The number of anilines is 2. The minimum Gasteiger partial charge on any atom is -0.396 e. The predicted molar refractivity (Wildman–Crippen MR) is 65.3 cm³/mol. The maximum atomic E-state index is 9.07. The molecular formula is C12H19N3O. The van der Waals surface area contributed by atoms with Gasteiger partial charge in [0.05, 0.1) is 5.69 Å². The van der Waals surface area contributed by atoms with Gasteiger partial charge in [0.2, 0.25) is 0 Å². The lowest BCUT2D eigenvalue weighted by Crippen LogP contribution is -2.41. The third kappa shape index (κ3) is 2.27. The highest BCUT2D eigenvalue weighted by Gasteiger charge is 2.24. The van der Waals surface area contributed by atoms with Crippen LogP contribution in [0, 0.1) is 0 Å². The largest absolute Gasteiger partial charge is 0.396 e. The molecule has 0 amide bonds. The van der Waals surface area contributed by atoms with Gasteiger partial charge in [0.1, 0.15) is 0 Å². The lowest BCUT2D eigenvalue weighted by Gasteiger charge is -2.37. The molecule has 16 heavy (non-hydrogen) atoms. The highest BCUT2D eigenvalue weighted by Crippen LogP contribution is 2.28. The average molecular weight is 221 g/mol. The topological polar surface area (TPSA) is 62.4 Å². The summed E-state index contributed by atoms with van der Waals surface area (Å²) in [5.41, 5.74) is 6.67. The van der Waals surface area contributed by atoms with Crippen molar-refractivity contribution in [3.05, 3.63) is 18.3 Å². The Morgan fingerprint density at radius 2 is 2.38 bits per heavy atom. The minimum atomic E-state index is 0.230. The molecule has 1 aromatic rings. The van der Waals surface area contributed by atoms with Crippen molar-refractivity contribution in [1.82, 2.24) is 4.98 Å². The van der Waals surface area contributed by atoms with Crippen LogP contribution in [0.15, 0.2) is 18.3 Å². The number of aromatic nitrogens is 1. The van der Waals surface area contributed by atoms with Gasteiger partial charge < -0.3 is 15.7 Å². The third-order valence-electron chi connectivity index (χ3n) is 3.18. The summed E-state index contributed by atoms with van der Waals surface area (Å²) in [6, 6.07) is 4.12. The molecular weight excluding hydrogens is 202 g/mol. The quantitative estimate of drug-likeness (QED) is 0.810. The van der Waals surface area contributed by atoms with Gasteiger partial charge in [-0.2, -0.15) is 0 Å². The molecule has 3 N–H and O–H groups in total. The normalized spacial score (nSPS) is 21.1. The van der Waals surface area contributed by atoms with Crippen LogP contribution in [0.5, 0.6) is 0 Å². The molecule has 1 aliphatic heterocycles. The number of pyridine rings is 1. The molecule has 1 saturated heterocycles. The lowest BCUT2D eigenvalue weighted by atomic mass is 9.99. The Bertz CT molecular complexity index is 341. The van der Waals surface area contributed by atoms with Crippen molar-refractivity contribution in [3.8, 4) is 0 Å². The van der Waals surface area contributed by atoms with Crippen LogP contribution in [0.4, 0.5) is 11.5 Å². The van der Waals surface area contributed by atoms with Crippen molar-refractivity contribution >= 4 is 11.5 Å².